The minimum absolute atomic E-state index is 0.0850. The molecular weight excluding hydrogens is 542 g/mol. The van der Waals surface area contributed by atoms with Gasteiger partial charge in [0.25, 0.3) is 0 Å². The quantitative estimate of drug-likeness (QED) is 0.364. The molecule has 3 aromatic heterocycles. The first-order chi connectivity index (χ1) is 19.0. The molecule has 0 spiro atoms. The number of aliphatic hydroxyl groups is 1. The van der Waals surface area contributed by atoms with Gasteiger partial charge in [0.1, 0.15) is 11.6 Å². The van der Waals surface area contributed by atoms with E-state index in [1.165, 1.54) is 22.8 Å². The molecule has 214 valence electrons. The topological polar surface area (TPSA) is 138 Å². The summed E-state index contributed by atoms with van der Waals surface area (Å²) in [7, 11) is -3.26. The zero-order valence-electron chi connectivity index (χ0n) is 22.3. The smallest absolute Gasteiger partial charge is 0.333 e. The molecule has 0 saturated heterocycles. The molecule has 4 heterocycles. The molecule has 3 N–H and O–H groups in total. The van der Waals surface area contributed by atoms with Gasteiger partial charge in [-0.3, -0.25) is 0 Å². The molecule has 5 rings (SSSR count). The van der Waals surface area contributed by atoms with E-state index in [4.69, 9.17) is 0 Å². The predicted molar refractivity (Wildman–Crippen MR) is 148 cm³/mol. The number of anilines is 3. The third kappa shape index (κ3) is 6.62. The van der Waals surface area contributed by atoms with Crippen LogP contribution >= 0.6 is 0 Å². The summed E-state index contributed by atoms with van der Waals surface area (Å²) < 4.78 is 52.0. The van der Waals surface area contributed by atoms with Gasteiger partial charge in [0.2, 0.25) is 10.0 Å². The Bertz CT molecular complexity index is 1500. The van der Waals surface area contributed by atoms with E-state index in [0.717, 1.165) is 18.4 Å². The molecule has 14 heteroatoms. The van der Waals surface area contributed by atoms with Crippen LogP contribution in [0.2, 0.25) is 0 Å². The highest BCUT2D eigenvalue weighted by Crippen LogP contribution is 2.34. The van der Waals surface area contributed by atoms with E-state index in [1.807, 2.05) is 13.0 Å². The second-order valence-electron chi connectivity index (χ2n) is 10.5. The Balaban J connectivity index is 1.38. The van der Waals surface area contributed by atoms with Crippen molar-refractivity contribution in [2.45, 2.75) is 57.2 Å². The van der Waals surface area contributed by atoms with Gasteiger partial charge in [-0.25, -0.2) is 28.1 Å². The third-order valence-electron chi connectivity index (χ3n) is 7.25. The molecule has 1 aliphatic heterocycles. The Morgan fingerprint density at radius 1 is 1.18 bits per heavy atom. The van der Waals surface area contributed by atoms with Crippen LogP contribution < -0.4 is 10.6 Å². The summed E-state index contributed by atoms with van der Waals surface area (Å²) in [5.41, 5.74) is 1.78. The third-order valence-corrected chi connectivity index (χ3v) is 8.52. The Kier molecular flexibility index (Phi) is 7.84. The molecule has 3 aromatic rings. The lowest BCUT2D eigenvalue weighted by Gasteiger charge is -2.34. The molecule has 0 amide bonds. The molecule has 0 radical (unpaired) electrons. The van der Waals surface area contributed by atoms with Gasteiger partial charge in [-0.05, 0) is 56.7 Å². The SMILES string of the molecule is CC1(O)CCC(Nc2cc(Nc3ccnc(C4=CCN(S(C)(=O)=O)CC4)n3)ncc2-c2ccn(C(F)F)n2)CC1. The fourth-order valence-corrected chi connectivity index (χ4v) is 5.68. The molecule has 0 bridgehead atoms. The Morgan fingerprint density at radius 2 is 1.95 bits per heavy atom. The summed E-state index contributed by atoms with van der Waals surface area (Å²) in [6, 6.07) is 5.09. The summed E-state index contributed by atoms with van der Waals surface area (Å²) in [6.07, 6.45) is 10.7. The molecule has 1 fully saturated rings. The summed E-state index contributed by atoms with van der Waals surface area (Å²) in [5.74, 6) is 1.48. The number of nitrogens with zero attached hydrogens (tertiary/aromatic N) is 6. The molecule has 0 unspecified atom stereocenters. The molecule has 0 atom stereocenters. The van der Waals surface area contributed by atoms with Crippen molar-refractivity contribution in [2.75, 3.05) is 30.0 Å². The van der Waals surface area contributed by atoms with E-state index in [-0.39, 0.29) is 12.6 Å². The van der Waals surface area contributed by atoms with Crippen LogP contribution in [0.1, 0.15) is 51.4 Å². The predicted octanol–water partition coefficient (Wildman–Crippen LogP) is 4.03. The molecule has 1 saturated carbocycles. The number of rotatable bonds is 8. The van der Waals surface area contributed by atoms with Crippen LogP contribution in [0.25, 0.3) is 16.8 Å². The first-order valence-corrected chi connectivity index (χ1v) is 14.9. The lowest BCUT2D eigenvalue weighted by atomic mass is 9.83. The van der Waals surface area contributed by atoms with Crippen LogP contribution in [-0.4, -0.2) is 73.6 Å². The van der Waals surface area contributed by atoms with E-state index in [2.05, 4.69) is 30.7 Å². The summed E-state index contributed by atoms with van der Waals surface area (Å²) in [4.78, 5) is 13.4. The lowest BCUT2D eigenvalue weighted by molar-refractivity contribution is 0.0196. The number of alkyl halides is 2. The van der Waals surface area contributed by atoms with Crippen molar-refractivity contribution in [3.05, 3.63) is 48.7 Å². The molecule has 11 nitrogen and oxygen atoms in total. The van der Waals surface area contributed by atoms with Gasteiger partial charge in [-0.1, -0.05) is 6.08 Å². The zero-order chi connectivity index (χ0) is 28.5. The van der Waals surface area contributed by atoms with E-state index in [0.29, 0.717) is 64.9 Å². The van der Waals surface area contributed by atoms with Gasteiger partial charge >= 0.3 is 6.55 Å². The summed E-state index contributed by atoms with van der Waals surface area (Å²) >= 11 is 0. The standard InChI is InChI=1S/C26H32F2N8O3S/c1-26(37)9-3-18(4-10-26)31-21-15-23(30-16-19(21)20-8-14-36(34-20)25(27)28)32-22-5-11-29-24(33-22)17-6-12-35(13-7-17)40(2,38)39/h5-6,8,11,14-16,18,25,37H,3-4,7,9-10,12-13H2,1-2H3,(H2,29,30,31,32,33). The average Bonchev–Trinajstić information content (AvgIpc) is 3.41. The number of halogens is 2. The first kappa shape index (κ1) is 28.1. The monoisotopic (exact) mass is 574 g/mol. The van der Waals surface area contributed by atoms with Crippen molar-refractivity contribution in [1.82, 2.24) is 29.0 Å². The Labute approximate surface area is 231 Å². The first-order valence-electron chi connectivity index (χ1n) is 13.0. The van der Waals surface area contributed by atoms with Crippen molar-refractivity contribution in [1.29, 1.82) is 0 Å². The largest absolute Gasteiger partial charge is 0.390 e. The van der Waals surface area contributed by atoms with Crippen molar-refractivity contribution in [3.63, 3.8) is 0 Å². The second kappa shape index (κ2) is 11.2. The van der Waals surface area contributed by atoms with E-state index in [9.17, 15) is 22.3 Å². The van der Waals surface area contributed by atoms with Crippen molar-refractivity contribution in [2.24, 2.45) is 0 Å². The van der Waals surface area contributed by atoms with Crippen LogP contribution in [0, 0.1) is 0 Å². The normalized spacial score (nSPS) is 22.2. The number of sulfonamides is 1. The number of hydrogen-bond acceptors (Lipinski definition) is 9. The van der Waals surface area contributed by atoms with E-state index >= 15 is 0 Å². The Morgan fingerprint density at radius 3 is 2.60 bits per heavy atom. The van der Waals surface area contributed by atoms with Gasteiger partial charge in [0.15, 0.2) is 5.82 Å². The van der Waals surface area contributed by atoms with Crippen LogP contribution in [0.4, 0.5) is 26.1 Å². The number of hydrogen-bond donors (Lipinski definition) is 3. The van der Waals surface area contributed by atoms with E-state index in [1.54, 1.807) is 24.5 Å². The number of aromatic nitrogens is 5. The molecular formula is C26H32F2N8O3S. The lowest BCUT2D eigenvalue weighted by Crippen LogP contribution is -2.35. The van der Waals surface area contributed by atoms with Crippen molar-refractivity contribution >= 4 is 32.9 Å². The number of nitrogens with one attached hydrogen (secondary N) is 2. The summed E-state index contributed by atoms with van der Waals surface area (Å²) in [5, 5.41) is 21.0. The number of pyridine rings is 1. The maximum atomic E-state index is 13.2. The Hall–Kier alpha value is -3.49. The van der Waals surface area contributed by atoms with Gasteiger partial charge < -0.3 is 15.7 Å². The maximum absolute atomic E-state index is 13.2. The maximum Gasteiger partial charge on any atom is 0.333 e. The fraction of sp³-hybridized carbons (Fsp3) is 0.462. The highest BCUT2D eigenvalue weighted by Gasteiger charge is 2.29. The van der Waals surface area contributed by atoms with Crippen LogP contribution in [0.3, 0.4) is 0 Å². The molecule has 1 aliphatic carbocycles. The molecule has 0 aromatic carbocycles. The minimum atomic E-state index is -3.26. The molecule has 2 aliphatic rings. The van der Waals surface area contributed by atoms with Crippen molar-refractivity contribution in [3.8, 4) is 11.3 Å². The van der Waals surface area contributed by atoms with Gasteiger partial charge in [0.05, 0.1) is 17.6 Å². The van der Waals surface area contributed by atoms with Gasteiger partial charge in [0, 0.05) is 55.0 Å². The van der Waals surface area contributed by atoms with Crippen LogP contribution in [-0.2, 0) is 10.0 Å². The van der Waals surface area contributed by atoms with Crippen LogP contribution in [0.15, 0.2) is 42.9 Å². The summed E-state index contributed by atoms with van der Waals surface area (Å²) in [6.45, 7) is -0.283. The van der Waals surface area contributed by atoms with Gasteiger partial charge in [-0.2, -0.15) is 18.2 Å². The highest BCUT2D eigenvalue weighted by atomic mass is 32.2. The highest BCUT2D eigenvalue weighted by molar-refractivity contribution is 7.88. The second-order valence-corrected chi connectivity index (χ2v) is 12.5. The molecule has 40 heavy (non-hydrogen) atoms. The fourth-order valence-electron chi connectivity index (χ4n) is 4.91. The zero-order valence-corrected chi connectivity index (χ0v) is 23.1. The van der Waals surface area contributed by atoms with E-state index < -0.39 is 22.2 Å². The van der Waals surface area contributed by atoms with Crippen molar-refractivity contribution < 1.29 is 22.3 Å². The van der Waals surface area contributed by atoms with Crippen LogP contribution in [0.5, 0.6) is 0 Å². The average molecular weight is 575 g/mol. The minimum Gasteiger partial charge on any atom is -0.390 e. The van der Waals surface area contributed by atoms with Gasteiger partial charge in [-0.15, -0.1) is 0 Å².